The molecule has 9 heteroatoms. The first-order valence-corrected chi connectivity index (χ1v) is 12.5. The number of nitriles is 1. The molecule has 3 rings (SSSR count). The fraction of sp³-hybridized carbons (Fsp3) is 0.333. The molecule has 1 amide bonds. The lowest BCUT2D eigenvalue weighted by Gasteiger charge is -2.13. The van der Waals surface area contributed by atoms with E-state index in [2.05, 4.69) is 29.4 Å². The molecule has 2 aromatic carbocycles. The van der Waals surface area contributed by atoms with Crippen molar-refractivity contribution in [2.24, 2.45) is 5.92 Å². The molecule has 188 valence electrons. The molecular weight excluding hydrogens is 476 g/mol. The zero-order chi connectivity index (χ0) is 25.9. The second-order valence-corrected chi connectivity index (χ2v) is 9.44. The third kappa shape index (κ3) is 8.10. The average Bonchev–Trinajstić information content (AvgIpc) is 3.27. The molecule has 36 heavy (non-hydrogen) atoms. The van der Waals surface area contributed by atoms with Crippen molar-refractivity contribution in [2.75, 3.05) is 25.1 Å². The highest BCUT2D eigenvalue weighted by atomic mass is 32.1. The molecule has 0 aliphatic heterocycles. The summed E-state index contributed by atoms with van der Waals surface area (Å²) >= 11 is 1.31. The lowest BCUT2D eigenvalue weighted by Crippen LogP contribution is -2.13. The Morgan fingerprint density at radius 1 is 1.11 bits per heavy atom. The standard InChI is InChI=1S/C27H30N4O4S/c1-5-33-24-16-20(9-10-23(24)35-12-11-34-22-8-6-7-19(4)14-22)15-21(17-28)26(32)29-27-31-30-25(36-27)13-18(2)3/h6-10,14-16,18H,5,11-13H2,1-4H3,(H,29,31,32). The van der Waals surface area contributed by atoms with Gasteiger partial charge in [0.25, 0.3) is 5.91 Å². The van der Waals surface area contributed by atoms with Gasteiger partial charge >= 0.3 is 0 Å². The van der Waals surface area contributed by atoms with Crippen LogP contribution in [-0.2, 0) is 11.2 Å². The Balaban J connectivity index is 1.64. The Bertz CT molecular complexity index is 1250. The number of hydrogen-bond acceptors (Lipinski definition) is 8. The third-order valence-electron chi connectivity index (χ3n) is 4.81. The van der Waals surface area contributed by atoms with Crippen molar-refractivity contribution in [2.45, 2.75) is 34.1 Å². The van der Waals surface area contributed by atoms with E-state index in [0.29, 0.717) is 47.9 Å². The Hall–Kier alpha value is -3.90. The topological polar surface area (TPSA) is 106 Å². The summed E-state index contributed by atoms with van der Waals surface area (Å²) < 4.78 is 17.3. The molecule has 0 spiro atoms. The first-order chi connectivity index (χ1) is 17.4. The van der Waals surface area contributed by atoms with Gasteiger partial charge in [0.15, 0.2) is 11.5 Å². The van der Waals surface area contributed by atoms with Crippen LogP contribution in [0.3, 0.4) is 0 Å². The van der Waals surface area contributed by atoms with Crippen LogP contribution < -0.4 is 19.5 Å². The minimum absolute atomic E-state index is 0.0571. The lowest BCUT2D eigenvalue weighted by molar-refractivity contribution is -0.112. The fourth-order valence-electron chi connectivity index (χ4n) is 3.23. The second kappa shape index (κ2) is 13.3. The van der Waals surface area contributed by atoms with E-state index in [4.69, 9.17) is 14.2 Å². The average molecular weight is 507 g/mol. The maximum absolute atomic E-state index is 12.6. The van der Waals surface area contributed by atoms with Crippen molar-refractivity contribution >= 4 is 28.5 Å². The van der Waals surface area contributed by atoms with E-state index in [9.17, 15) is 10.1 Å². The summed E-state index contributed by atoms with van der Waals surface area (Å²) in [6.45, 7) is 9.19. The monoisotopic (exact) mass is 506 g/mol. The largest absolute Gasteiger partial charge is 0.490 e. The van der Waals surface area contributed by atoms with Crippen molar-refractivity contribution in [3.63, 3.8) is 0 Å². The van der Waals surface area contributed by atoms with E-state index in [1.807, 2.05) is 44.2 Å². The van der Waals surface area contributed by atoms with Gasteiger partial charge in [-0.25, -0.2) is 0 Å². The van der Waals surface area contributed by atoms with Crippen LogP contribution >= 0.6 is 11.3 Å². The summed E-state index contributed by atoms with van der Waals surface area (Å²) in [6, 6.07) is 15.0. The highest BCUT2D eigenvalue weighted by molar-refractivity contribution is 7.15. The molecule has 0 radical (unpaired) electrons. The number of nitrogens with one attached hydrogen (secondary N) is 1. The van der Waals surface area contributed by atoms with Crippen molar-refractivity contribution in [3.8, 4) is 23.3 Å². The summed E-state index contributed by atoms with van der Waals surface area (Å²) in [6.07, 6.45) is 2.28. The molecule has 0 saturated carbocycles. The van der Waals surface area contributed by atoms with Crippen molar-refractivity contribution in [1.82, 2.24) is 10.2 Å². The Labute approximate surface area is 215 Å². The molecule has 1 aromatic heterocycles. The quantitative estimate of drug-likeness (QED) is 0.198. The van der Waals surface area contributed by atoms with Gasteiger partial charge in [-0.15, -0.1) is 10.2 Å². The van der Waals surface area contributed by atoms with Crippen LogP contribution in [0, 0.1) is 24.2 Å². The van der Waals surface area contributed by atoms with E-state index in [1.54, 1.807) is 18.2 Å². The van der Waals surface area contributed by atoms with Crippen LogP contribution in [0.15, 0.2) is 48.0 Å². The van der Waals surface area contributed by atoms with Crippen molar-refractivity contribution in [3.05, 3.63) is 64.2 Å². The van der Waals surface area contributed by atoms with Crippen LogP contribution in [0.25, 0.3) is 6.08 Å². The number of amides is 1. The van der Waals surface area contributed by atoms with E-state index in [-0.39, 0.29) is 5.57 Å². The summed E-state index contributed by atoms with van der Waals surface area (Å²) in [5, 5.41) is 21.5. The van der Waals surface area contributed by atoms with Gasteiger partial charge in [0.1, 0.15) is 35.6 Å². The van der Waals surface area contributed by atoms with Crippen LogP contribution in [0.5, 0.6) is 17.2 Å². The molecule has 0 unspecified atom stereocenters. The van der Waals surface area contributed by atoms with Crippen molar-refractivity contribution < 1.29 is 19.0 Å². The maximum atomic E-state index is 12.6. The summed E-state index contributed by atoms with van der Waals surface area (Å²) in [5.41, 5.74) is 1.70. The van der Waals surface area contributed by atoms with Crippen LogP contribution in [0.2, 0.25) is 0 Å². The number of anilines is 1. The van der Waals surface area contributed by atoms with E-state index in [1.165, 1.54) is 17.4 Å². The fourth-order valence-corrected chi connectivity index (χ4v) is 4.18. The number of carbonyl (C=O) groups excluding carboxylic acids is 1. The number of benzene rings is 2. The predicted octanol–water partition coefficient (Wildman–Crippen LogP) is 5.45. The normalized spacial score (nSPS) is 11.2. The lowest BCUT2D eigenvalue weighted by atomic mass is 10.1. The molecule has 1 heterocycles. The number of ether oxygens (including phenoxy) is 3. The van der Waals surface area contributed by atoms with Crippen LogP contribution in [-0.4, -0.2) is 35.9 Å². The smallest absolute Gasteiger partial charge is 0.268 e. The Kier molecular flexibility index (Phi) is 9.83. The molecule has 0 aliphatic carbocycles. The van der Waals surface area contributed by atoms with E-state index in [0.717, 1.165) is 22.7 Å². The third-order valence-corrected chi connectivity index (χ3v) is 5.67. The maximum Gasteiger partial charge on any atom is 0.268 e. The Morgan fingerprint density at radius 2 is 1.92 bits per heavy atom. The summed E-state index contributed by atoms with van der Waals surface area (Å²) in [4.78, 5) is 12.6. The number of nitrogens with zero attached hydrogens (tertiary/aromatic N) is 3. The molecule has 0 fully saturated rings. The summed E-state index contributed by atoms with van der Waals surface area (Å²) in [7, 11) is 0. The van der Waals surface area contributed by atoms with Crippen LogP contribution in [0.4, 0.5) is 5.13 Å². The minimum atomic E-state index is -0.545. The van der Waals surface area contributed by atoms with Gasteiger partial charge in [-0.2, -0.15) is 5.26 Å². The van der Waals surface area contributed by atoms with E-state index < -0.39 is 5.91 Å². The molecule has 3 aromatic rings. The first kappa shape index (κ1) is 26.7. The molecule has 1 N–H and O–H groups in total. The predicted molar refractivity (Wildman–Crippen MR) is 140 cm³/mol. The molecule has 0 atom stereocenters. The molecule has 0 saturated heterocycles. The molecule has 0 bridgehead atoms. The first-order valence-electron chi connectivity index (χ1n) is 11.7. The Morgan fingerprint density at radius 3 is 2.64 bits per heavy atom. The molecule has 0 aliphatic rings. The molecular formula is C27H30N4O4S. The van der Waals surface area contributed by atoms with Crippen LogP contribution in [0.1, 0.15) is 36.9 Å². The van der Waals surface area contributed by atoms with Gasteiger partial charge in [-0.1, -0.05) is 43.4 Å². The second-order valence-electron chi connectivity index (χ2n) is 8.38. The number of carbonyl (C=O) groups is 1. The summed E-state index contributed by atoms with van der Waals surface area (Å²) in [5.74, 6) is 1.74. The zero-order valence-corrected chi connectivity index (χ0v) is 21.7. The van der Waals surface area contributed by atoms with Gasteiger partial charge in [0.05, 0.1) is 6.61 Å². The number of aromatic nitrogens is 2. The number of rotatable bonds is 12. The zero-order valence-electron chi connectivity index (χ0n) is 20.9. The highest BCUT2D eigenvalue weighted by Crippen LogP contribution is 2.29. The van der Waals surface area contributed by atoms with Gasteiger partial charge in [0.2, 0.25) is 5.13 Å². The highest BCUT2D eigenvalue weighted by Gasteiger charge is 2.14. The number of hydrogen-bond donors (Lipinski definition) is 1. The van der Waals surface area contributed by atoms with Gasteiger partial charge in [-0.05, 0) is 61.2 Å². The molecule has 8 nitrogen and oxygen atoms in total. The van der Waals surface area contributed by atoms with Crippen molar-refractivity contribution in [1.29, 1.82) is 5.26 Å². The number of aryl methyl sites for hydroxylation is 1. The minimum Gasteiger partial charge on any atom is -0.490 e. The van der Waals surface area contributed by atoms with Gasteiger partial charge in [0, 0.05) is 6.42 Å². The van der Waals surface area contributed by atoms with Gasteiger partial charge in [-0.3, -0.25) is 10.1 Å². The van der Waals surface area contributed by atoms with Gasteiger partial charge < -0.3 is 14.2 Å². The SMILES string of the molecule is CCOc1cc(C=C(C#N)C(=O)Nc2nnc(CC(C)C)s2)ccc1OCCOc1cccc(C)c1. The van der Waals surface area contributed by atoms with E-state index >= 15 is 0 Å².